The molecular weight excluding hydrogens is 332 g/mol. The van der Waals surface area contributed by atoms with Gasteiger partial charge in [-0.15, -0.1) is 0 Å². The Bertz CT molecular complexity index is 716. The number of carboxylic acid groups (broad SMARTS) is 2. The highest BCUT2D eigenvalue weighted by Gasteiger charge is 2.27. The Morgan fingerprint density at radius 1 is 1.32 bits per heavy atom. The van der Waals surface area contributed by atoms with Gasteiger partial charge in [0.05, 0.1) is 12.2 Å². The van der Waals surface area contributed by atoms with Crippen LogP contribution in [0.15, 0.2) is 18.2 Å². The Labute approximate surface area is 143 Å². The number of aliphatic carboxylic acids is 2. The van der Waals surface area contributed by atoms with Gasteiger partial charge in [-0.1, -0.05) is 6.07 Å². The number of carboxylic acids is 2. The zero-order valence-corrected chi connectivity index (χ0v) is 13.5. The molecule has 1 aliphatic heterocycles. The van der Waals surface area contributed by atoms with Gasteiger partial charge in [0.2, 0.25) is 5.91 Å². The molecule has 3 N–H and O–H groups in total. The van der Waals surface area contributed by atoms with E-state index in [1.807, 2.05) is 6.92 Å². The number of rotatable bonds is 7. The summed E-state index contributed by atoms with van der Waals surface area (Å²) in [5.74, 6) is -3.28. The topological polar surface area (TPSA) is 133 Å². The largest absolute Gasteiger partial charge is 0.481 e. The maximum absolute atomic E-state index is 12.2. The number of amides is 1. The molecule has 2 rings (SSSR count). The van der Waals surface area contributed by atoms with Crippen LogP contribution in [-0.2, 0) is 19.2 Å². The minimum absolute atomic E-state index is 0.142. The maximum Gasteiger partial charge on any atom is 0.331 e. The first-order valence-electron chi connectivity index (χ1n) is 7.56. The standard InChI is InChI=1S/C16H18N2O7/c1-9-2-4-12-11(6-9)18(8-15(22)25-12)7-13(19)17-10(16(23)24)3-5-14(20)21/h2,4,6,10H,3,5,7-8H2,1H3,(H,17,19)(H,20,21)(H,23,24). The lowest BCUT2D eigenvalue weighted by molar-refractivity contribution is -0.143. The third-order valence-electron chi connectivity index (χ3n) is 3.61. The van der Waals surface area contributed by atoms with Crippen LogP contribution in [0.25, 0.3) is 0 Å². The number of anilines is 1. The highest BCUT2D eigenvalue weighted by Crippen LogP contribution is 2.32. The number of nitrogens with zero attached hydrogens (tertiary/aromatic N) is 1. The van der Waals surface area contributed by atoms with Crippen LogP contribution in [0.3, 0.4) is 0 Å². The van der Waals surface area contributed by atoms with E-state index in [4.69, 9.17) is 14.9 Å². The summed E-state index contributed by atoms with van der Waals surface area (Å²) in [6, 6.07) is 3.84. The number of carbonyl (C=O) groups is 4. The van der Waals surface area contributed by atoms with Gasteiger partial charge < -0.3 is 25.2 Å². The Hall–Kier alpha value is -3.10. The molecule has 9 nitrogen and oxygen atoms in total. The van der Waals surface area contributed by atoms with Crippen LogP contribution in [0.5, 0.6) is 5.75 Å². The summed E-state index contributed by atoms with van der Waals surface area (Å²) in [6.07, 6.45) is -0.608. The normalized spacial score (nSPS) is 14.3. The van der Waals surface area contributed by atoms with Crippen molar-refractivity contribution < 1.29 is 34.1 Å². The molecule has 1 aromatic carbocycles. The molecule has 0 aromatic heterocycles. The van der Waals surface area contributed by atoms with E-state index in [0.29, 0.717) is 11.4 Å². The maximum atomic E-state index is 12.2. The van der Waals surface area contributed by atoms with E-state index >= 15 is 0 Å². The molecule has 1 heterocycles. The molecule has 0 saturated carbocycles. The molecule has 0 radical (unpaired) electrons. The quantitative estimate of drug-likeness (QED) is 0.468. The van der Waals surface area contributed by atoms with Crippen LogP contribution in [0.1, 0.15) is 18.4 Å². The molecule has 0 aliphatic carbocycles. The average Bonchev–Trinajstić information content (AvgIpc) is 2.51. The fraction of sp³-hybridized carbons (Fsp3) is 0.375. The minimum atomic E-state index is -1.32. The lowest BCUT2D eigenvalue weighted by Crippen LogP contribution is -2.48. The molecule has 0 bridgehead atoms. The second-order valence-corrected chi connectivity index (χ2v) is 5.69. The molecule has 1 aromatic rings. The number of carbonyl (C=O) groups excluding carboxylic acids is 2. The molecular formula is C16H18N2O7. The molecule has 1 unspecified atom stereocenters. The number of aryl methyl sites for hydroxylation is 1. The van der Waals surface area contributed by atoms with Crippen molar-refractivity contribution in [1.29, 1.82) is 0 Å². The summed E-state index contributed by atoms with van der Waals surface area (Å²) < 4.78 is 5.11. The van der Waals surface area contributed by atoms with E-state index < -0.39 is 29.9 Å². The number of benzene rings is 1. The molecule has 1 aliphatic rings. The lowest BCUT2D eigenvalue weighted by atomic mass is 10.1. The van der Waals surface area contributed by atoms with Gasteiger partial charge >= 0.3 is 17.9 Å². The molecule has 134 valence electrons. The SMILES string of the molecule is Cc1ccc2c(c1)N(CC(=O)NC(CCC(=O)O)C(=O)O)CC(=O)O2. The van der Waals surface area contributed by atoms with Crippen molar-refractivity contribution in [2.45, 2.75) is 25.8 Å². The number of hydrogen-bond acceptors (Lipinski definition) is 6. The van der Waals surface area contributed by atoms with Gasteiger partial charge in [-0.2, -0.15) is 0 Å². The van der Waals surface area contributed by atoms with Gasteiger partial charge in [-0.05, 0) is 31.0 Å². The van der Waals surface area contributed by atoms with Crippen LogP contribution in [-0.4, -0.2) is 53.2 Å². The zero-order valence-electron chi connectivity index (χ0n) is 13.5. The summed E-state index contributed by atoms with van der Waals surface area (Å²) in [5, 5.41) is 20.0. The smallest absolute Gasteiger partial charge is 0.331 e. The first-order chi connectivity index (χ1) is 11.8. The van der Waals surface area contributed by atoms with Gasteiger partial charge in [-0.25, -0.2) is 9.59 Å². The van der Waals surface area contributed by atoms with E-state index in [9.17, 15) is 19.2 Å². The lowest BCUT2D eigenvalue weighted by Gasteiger charge is -2.29. The molecule has 1 amide bonds. The molecule has 0 spiro atoms. The predicted molar refractivity (Wildman–Crippen MR) is 85.5 cm³/mol. The van der Waals surface area contributed by atoms with Crippen molar-refractivity contribution in [2.75, 3.05) is 18.0 Å². The third kappa shape index (κ3) is 4.93. The molecule has 0 fully saturated rings. The van der Waals surface area contributed by atoms with E-state index in [2.05, 4.69) is 5.32 Å². The van der Waals surface area contributed by atoms with Crippen molar-refractivity contribution in [1.82, 2.24) is 5.32 Å². The first-order valence-corrected chi connectivity index (χ1v) is 7.56. The Kier molecular flexibility index (Phi) is 5.58. The highest BCUT2D eigenvalue weighted by atomic mass is 16.5. The molecule has 9 heteroatoms. The number of ether oxygens (including phenoxy) is 1. The summed E-state index contributed by atoms with van der Waals surface area (Å²) in [7, 11) is 0. The van der Waals surface area contributed by atoms with Crippen molar-refractivity contribution in [2.24, 2.45) is 0 Å². The molecule has 25 heavy (non-hydrogen) atoms. The second kappa shape index (κ2) is 7.65. The van der Waals surface area contributed by atoms with Gasteiger partial charge in [0, 0.05) is 6.42 Å². The summed E-state index contributed by atoms with van der Waals surface area (Å²) in [6.45, 7) is 1.46. The van der Waals surface area contributed by atoms with Crippen molar-refractivity contribution in [3.63, 3.8) is 0 Å². The molecule has 0 saturated heterocycles. The number of nitrogens with one attached hydrogen (secondary N) is 1. The van der Waals surface area contributed by atoms with E-state index in [1.54, 1.807) is 18.2 Å². The van der Waals surface area contributed by atoms with Crippen molar-refractivity contribution >= 4 is 29.5 Å². The summed E-state index contributed by atoms with van der Waals surface area (Å²) in [4.78, 5) is 47.0. The van der Waals surface area contributed by atoms with Crippen LogP contribution in [0, 0.1) is 6.92 Å². The zero-order chi connectivity index (χ0) is 18.6. The number of fused-ring (bicyclic) bond motifs is 1. The van der Waals surface area contributed by atoms with Gasteiger partial charge in [-0.3, -0.25) is 9.59 Å². The fourth-order valence-corrected chi connectivity index (χ4v) is 2.44. The Morgan fingerprint density at radius 3 is 2.68 bits per heavy atom. The van der Waals surface area contributed by atoms with Gasteiger partial charge in [0.25, 0.3) is 0 Å². The minimum Gasteiger partial charge on any atom is -0.481 e. The van der Waals surface area contributed by atoms with Gasteiger partial charge in [0.15, 0.2) is 5.75 Å². The van der Waals surface area contributed by atoms with Crippen molar-refractivity contribution in [3.05, 3.63) is 23.8 Å². The van der Waals surface area contributed by atoms with Crippen molar-refractivity contribution in [3.8, 4) is 5.75 Å². The number of esters is 1. The van der Waals surface area contributed by atoms with Crippen LogP contribution < -0.4 is 15.0 Å². The predicted octanol–water partition coefficient (Wildman–Crippen LogP) is 0.155. The number of hydrogen-bond donors (Lipinski definition) is 3. The van der Waals surface area contributed by atoms with E-state index in [0.717, 1.165) is 5.56 Å². The molecule has 1 atom stereocenters. The third-order valence-corrected chi connectivity index (χ3v) is 3.61. The highest BCUT2D eigenvalue weighted by molar-refractivity contribution is 5.91. The Balaban J connectivity index is 2.07. The summed E-state index contributed by atoms with van der Waals surface area (Å²) >= 11 is 0. The van der Waals surface area contributed by atoms with Crippen LogP contribution in [0.4, 0.5) is 5.69 Å². The second-order valence-electron chi connectivity index (χ2n) is 5.69. The summed E-state index contributed by atoms with van der Waals surface area (Å²) in [5.41, 5.74) is 1.47. The van der Waals surface area contributed by atoms with E-state index in [1.165, 1.54) is 4.90 Å². The average molecular weight is 350 g/mol. The van der Waals surface area contributed by atoms with E-state index in [-0.39, 0.29) is 25.9 Å². The van der Waals surface area contributed by atoms with Crippen LogP contribution in [0.2, 0.25) is 0 Å². The first kappa shape index (κ1) is 18.2. The fourth-order valence-electron chi connectivity index (χ4n) is 2.44. The van der Waals surface area contributed by atoms with Crippen LogP contribution >= 0.6 is 0 Å². The Morgan fingerprint density at radius 2 is 2.04 bits per heavy atom. The van der Waals surface area contributed by atoms with Gasteiger partial charge in [0.1, 0.15) is 12.6 Å². The monoisotopic (exact) mass is 350 g/mol.